The third-order valence-electron chi connectivity index (χ3n) is 3.65. The van der Waals surface area contributed by atoms with Gasteiger partial charge in [-0.05, 0) is 37.3 Å². The molecule has 1 aromatic heterocycles. The third-order valence-corrected chi connectivity index (χ3v) is 5.02. The van der Waals surface area contributed by atoms with E-state index in [0.29, 0.717) is 39.5 Å². The van der Waals surface area contributed by atoms with Crippen molar-refractivity contribution in [1.29, 1.82) is 0 Å². The molecule has 0 saturated carbocycles. The lowest BCUT2D eigenvalue weighted by Crippen LogP contribution is -2.25. The van der Waals surface area contributed by atoms with Crippen LogP contribution in [0.4, 0.5) is 5.69 Å². The Hall–Kier alpha value is -2.38. The second-order valence-electron chi connectivity index (χ2n) is 5.49. The van der Waals surface area contributed by atoms with Crippen LogP contribution < -0.4 is 10.6 Å². The molecular weight excluding hydrogens is 376 g/mol. The van der Waals surface area contributed by atoms with Crippen LogP contribution in [0.1, 0.15) is 23.0 Å². The van der Waals surface area contributed by atoms with Crippen molar-refractivity contribution in [2.75, 3.05) is 17.7 Å². The van der Waals surface area contributed by atoms with Crippen LogP contribution >= 0.6 is 23.4 Å². The first-order valence-electron chi connectivity index (χ1n) is 7.92. The number of thioether (sulfide) groups is 1. The molecule has 2 aromatic rings. The highest BCUT2D eigenvalue weighted by Gasteiger charge is 2.21. The normalized spacial score (nSPS) is 13.9. The van der Waals surface area contributed by atoms with Crippen LogP contribution in [0.3, 0.4) is 0 Å². The molecule has 8 heteroatoms. The molecule has 1 aliphatic rings. The summed E-state index contributed by atoms with van der Waals surface area (Å²) < 4.78 is 10.6. The molecule has 2 amide bonds. The number of rotatable bonds is 5. The molecule has 1 aromatic carbocycles. The monoisotopic (exact) mass is 392 g/mol. The Kier molecular flexibility index (Phi) is 5.90. The second-order valence-corrected chi connectivity index (χ2v) is 7.03. The Bertz CT molecular complexity index is 849. The molecule has 3 rings (SSSR count). The molecule has 0 aliphatic carbocycles. The van der Waals surface area contributed by atoms with Crippen molar-refractivity contribution in [2.45, 2.75) is 13.5 Å². The number of hydrogen-bond donors (Lipinski definition) is 2. The Morgan fingerprint density at radius 3 is 2.85 bits per heavy atom. The van der Waals surface area contributed by atoms with Gasteiger partial charge in [0.05, 0.1) is 30.7 Å². The first kappa shape index (κ1) is 18.4. The molecule has 0 unspecified atom stereocenters. The highest BCUT2D eigenvalue weighted by molar-refractivity contribution is 8.04. The largest absolute Gasteiger partial charge is 0.496 e. The molecule has 0 saturated heterocycles. The van der Waals surface area contributed by atoms with Gasteiger partial charge in [-0.2, -0.15) is 0 Å². The lowest BCUT2D eigenvalue weighted by molar-refractivity contribution is -0.112. The summed E-state index contributed by atoms with van der Waals surface area (Å²) in [7, 11) is 0. The number of hydrogen-bond acceptors (Lipinski definition) is 5. The number of anilines is 1. The van der Waals surface area contributed by atoms with Crippen molar-refractivity contribution < 1.29 is 18.7 Å². The molecule has 26 heavy (non-hydrogen) atoms. The minimum absolute atomic E-state index is 0.236. The topological polar surface area (TPSA) is 80.6 Å². The Labute approximate surface area is 159 Å². The zero-order valence-corrected chi connectivity index (χ0v) is 15.6. The maximum atomic E-state index is 12.5. The van der Waals surface area contributed by atoms with E-state index >= 15 is 0 Å². The van der Waals surface area contributed by atoms with Crippen LogP contribution in [0.5, 0.6) is 0 Å². The summed E-state index contributed by atoms with van der Waals surface area (Å²) in [5, 5.41) is 5.92. The molecule has 0 spiro atoms. The highest BCUT2D eigenvalue weighted by Crippen LogP contribution is 2.28. The molecule has 136 valence electrons. The minimum atomic E-state index is -0.363. The Morgan fingerprint density at radius 1 is 1.27 bits per heavy atom. The summed E-state index contributed by atoms with van der Waals surface area (Å²) in [6.45, 7) is 2.56. The van der Waals surface area contributed by atoms with Gasteiger partial charge in [0.15, 0.2) is 0 Å². The fraction of sp³-hybridized carbons (Fsp3) is 0.222. The van der Waals surface area contributed by atoms with E-state index in [9.17, 15) is 9.59 Å². The van der Waals surface area contributed by atoms with Crippen LogP contribution in [-0.4, -0.2) is 24.2 Å². The molecule has 0 radical (unpaired) electrons. The number of ether oxygens (including phenoxy) is 1. The van der Waals surface area contributed by atoms with Gasteiger partial charge in [-0.25, -0.2) is 0 Å². The lowest BCUT2D eigenvalue weighted by Gasteiger charge is -2.18. The van der Waals surface area contributed by atoms with E-state index in [2.05, 4.69) is 10.6 Å². The van der Waals surface area contributed by atoms with Gasteiger partial charge in [0.25, 0.3) is 11.8 Å². The van der Waals surface area contributed by atoms with Gasteiger partial charge in [0, 0.05) is 10.8 Å². The van der Waals surface area contributed by atoms with Crippen LogP contribution in [-0.2, 0) is 16.1 Å². The number of carbonyl (C=O) groups excluding carboxylic acids is 2. The first-order chi connectivity index (χ1) is 12.5. The molecule has 2 N–H and O–H groups in total. The van der Waals surface area contributed by atoms with E-state index in [0.717, 1.165) is 0 Å². The molecule has 6 nitrogen and oxygen atoms in total. The fourth-order valence-electron chi connectivity index (χ4n) is 2.40. The smallest absolute Gasteiger partial charge is 0.265 e. The van der Waals surface area contributed by atoms with Crippen molar-refractivity contribution in [3.8, 4) is 0 Å². The molecule has 0 bridgehead atoms. The molecule has 0 atom stereocenters. The number of furan rings is 1. The van der Waals surface area contributed by atoms with E-state index in [1.807, 2.05) is 0 Å². The number of carbonyl (C=O) groups is 2. The first-order valence-corrected chi connectivity index (χ1v) is 9.29. The third kappa shape index (κ3) is 4.42. The van der Waals surface area contributed by atoms with E-state index in [1.54, 1.807) is 31.2 Å². The highest BCUT2D eigenvalue weighted by atomic mass is 35.5. The number of allylic oxidation sites excluding steroid dienone is 1. The maximum absolute atomic E-state index is 12.5. The van der Waals surface area contributed by atoms with Gasteiger partial charge in [-0.1, -0.05) is 11.6 Å². The minimum Gasteiger partial charge on any atom is -0.496 e. The van der Waals surface area contributed by atoms with Crippen molar-refractivity contribution in [1.82, 2.24) is 5.32 Å². The van der Waals surface area contributed by atoms with Crippen LogP contribution in [0.15, 0.2) is 51.7 Å². The second kappa shape index (κ2) is 8.33. The molecule has 1 aliphatic heterocycles. The zero-order chi connectivity index (χ0) is 18.5. The van der Waals surface area contributed by atoms with Gasteiger partial charge in [0.1, 0.15) is 16.4 Å². The fourth-order valence-corrected chi connectivity index (χ4v) is 3.39. The number of halogens is 1. The number of benzene rings is 1. The van der Waals surface area contributed by atoms with Crippen molar-refractivity contribution >= 4 is 40.9 Å². The van der Waals surface area contributed by atoms with E-state index in [1.165, 1.54) is 24.1 Å². The summed E-state index contributed by atoms with van der Waals surface area (Å²) in [6, 6.07) is 8.24. The number of nitrogens with one attached hydrogen (secondary N) is 2. The standard InChI is InChI=1S/C18H17ClN2O4S/c1-11-16(26-8-7-24-11)18(23)21-15-5-4-12(19)9-14(15)17(22)20-10-13-3-2-6-25-13/h2-6,9H,7-8,10H2,1H3,(H,20,22)(H,21,23). The Morgan fingerprint density at radius 2 is 2.12 bits per heavy atom. The van der Waals surface area contributed by atoms with Crippen LogP contribution in [0, 0.1) is 0 Å². The van der Waals surface area contributed by atoms with E-state index in [-0.39, 0.29) is 23.9 Å². The van der Waals surface area contributed by atoms with Gasteiger partial charge in [0.2, 0.25) is 0 Å². The Balaban J connectivity index is 1.77. The molecular formula is C18H17ClN2O4S. The quantitative estimate of drug-likeness (QED) is 0.809. The van der Waals surface area contributed by atoms with Gasteiger partial charge >= 0.3 is 0 Å². The zero-order valence-electron chi connectivity index (χ0n) is 14.0. The van der Waals surface area contributed by atoms with Crippen molar-refractivity contribution in [3.05, 3.63) is 63.6 Å². The average molecular weight is 393 g/mol. The van der Waals surface area contributed by atoms with Gasteiger partial charge in [-0.3, -0.25) is 9.59 Å². The van der Waals surface area contributed by atoms with Crippen LogP contribution in [0.2, 0.25) is 5.02 Å². The van der Waals surface area contributed by atoms with Gasteiger partial charge in [-0.15, -0.1) is 11.8 Å². The summed E-state index contributed by atoms with van der Waals surface area (Å²) in [5.41, 5.74) is 0.653. The van der Waals surface area contributed by atoms with E-state index < -0.39 is 0 Å². The SMILES string of the molecule is CC1=C(C(=O)Nc2ccc(Cl)cc2C(=O)NCc2ccco2)SCCO1. The predicted octanol–water partition coefficient (Wildman–Crippen LogP) is 3.80. The molecule has 2 heterocycles. The lowest BCUT2D eigenvalue weighted by atomic mass is 10.1. The van der Waals surface area contributed by atoms with Crippen molar-refractivity contribution in [3.63, 3.8) is 0 Å². The predicted molar refractivity (Wildman–Crippen MR) is 101 cm³/mol. The van der Waals surface area contributed by atoms with Crippen LogP contribution in [0.25, 0.3) is 0 Å². The summed E-state index contributed by atoms with van der Waals surface area (Å²) in [5.74, 6) is 1.24. The van der Waals surface area contributed by atoms with Gasteiger partial charge < -0.3 is 19.8 Å². The number of amides is 2. The maximum Gasteiger partial charge on any atom is 0.265 e. The summed E-state index contributed by atoms with van der Waals surface area (Å²) >= 11 is 7.45. The summed E-state index contributed by atoms with van der Waals surface area (Å²) in [4.78, 5) is 25.6. The summed E-state index contributed by atoms with van der Waals surface area (Å²) in [6.07, 6.45) is 1.53. The molecule has 0 fully saturated rings. The average Bonchev–Trinajstić information content (AvgIpc) is 3.15. The van der Waals surface area contributed by atoms with E-state index in [4.69, 9.17) is 20.8 Å². The van der Waals surface area contributed by atoms with Crippen molar-refractivity contribution in [2.24, 2.45) is 0 Å².